The Bertz CT molecular complexity index is 592. The number of aromatic nitrogens is 2. The zero-order chi connectivity index (χ0) is 13.4. The standard InChI is InChI=1S/C14H20N4S/c1-8-9(2)19-14-12(8)13(16-7-17-14)18-11-6-4-3-5-10(11)15/h7,10-11H,3-6,15H2,1-2H3,(H,16,17,18)/t10-,11-/m1/s1. The summed E-state index contributed by atoms with van der Waals surface area (Å²) in [6.07, 6.45) is 6.38. The summed E-state index contributed by atoms with van der Waals surface area (Å²) in [5.41, 5.74) is 7.50. The Hall–Kier alpha value is -1.20. The van der Waals surface area contributed by atoms with Crippen LogP contribution in [0.15, 0.2) is 6.33 Å². The quantitative estimate of drug-likeness (QED) is 0.885. The Morgan fingerprint density at radius 2 is 2.05 bits per heavy atom. The molecule has 0 aliphatic heterocycles. The lowest BCUT2D eigenvalue weighted by atomic mass is 9.91. The van der Waals surface area contributed by atoms with Crippen LogP contribution in [0.1, 0.15) is 36.1 Å². The molecule has 0 bridgehead atoms. The zero-order valence-corrected chi connectivity index (χ0v) is 12.3. The molecule has 102 valence electrons. The molecule has 1 aliphatic carbocycles. The Morgan fingerprint density at radius 3 is 2.84 bits per heavy atom. The molecule has 4 nitrogen and oxygen atoms in total. The fraction of sp³-hybridized carbons (Fsp3) is 0.571. The molecule has 2 atom stereocenters. The van der Waals surface area contributed by atoms with E-state index < -0.39 is 0 Å². The van der Waals surface area contributed by atoms with E-state index in [0.29, 0.717) is 6.04 Å². The minimum atomic E-state index is 0.235. The van der Waals surface area contributed by atoms with Gasteiger partial charge in [0.1, 0.15) is 17.0 Å². The second-order valence-corrected chi connectivity index (χ2v) is 6.59. The molecule has 0 amide bonds. The summed E-state index contributed by atoms with van der Waals surface area (Å²) in [6, 6.07) is 0.574. The van der Waals surface area contributed by atoms with Gasteiger partial charge in [-0.1, -0.05) is 12.8 Å². The van der Waals surface area contributed by atoms with Crippen molar-refractivity contribution in [3.8, 4) is 0 Å². The van der Waals surface area contributed by atoms with Crippen LogP contribution >= 0.6 is 11.3 Å². The number of aryl methyl sites for hydroxylation is 2. The number of nitrogens with two attached hydrogens (primary N) is 1. The van der Waals surface area contributed by atoms with E-state index in [1.807, 2.05) is 0 Å². The second-order valence-electron chi connectivity index (χ2n) is 5.38. The average Bonchev–Trinajstić information content (AvgIpc) is 2.69. The zero-order valence-electron chi connectivity index (χ0n) is 11.4. The molecule has 0 unspecified atom stereocenters. The third kappa shape index (κ3) is 2.32. The maximum Gasteiger partial charge on any atom is 0.138 e. The van der Waals surface area contributed by atoms with Gasteiger partial charge < -0.3 is 11.1 Å². The molecule has 2 heterocycles. The van der Waals surface area contributed by atoms with E-state index in [-0.39, 0.29) is 6.04 Å². The van der Waals surface area contributed by atoms with Gasteiger partial charge in [0.2, 0.25) is 0 Å². The van der Waals surface area contributed by atoms with Crippen molar-refractivity contribution in [2.24, 2.45) is 5.73 Å². The Balaban J connectivity index is 1.96. The summed E-state index contributed by atoms with van der Waals surface area (Å²) < 4.78 is 0. The highest BCUT2D eigenvalue weighted by Crippen LogP contribution is 2.33. The van der Waals surface area contributed by atoms with E-state index in [9.17, 15) is 0 Å². The topological polar surface area (TPSA) is 63.8 Å². The number of rotatable bonds is 2. The van der Waals surface area contributed by atoms with Crippen molar-refractivity contribution >= 4 is 27.4 Å². The molecule has 2 aromatic rings. The Kier molecular flexibility index (Phi) is 3.41. The molecule has 1 saturated carbocycles. The molecular formula is C14H20N4S. The first-order valence-corrected chi connectivity index (χ1v) is 7.71. The maximum absolute atomic E-state index is 6.21. The monoisotopic (exact) mass is 276 g/mol. The van der Waals surface area contributed by atoms with E-state index in [1.54, 1.807) is 17.7 Å². The van der Waals surface area contributed by atoms with Gasteiger partial charge in [-0.2, -0.15) is 0 Å². The first-order valence-electron chi connectivity index (χ1n) is 6.89. The number of fused-ring (bicyclic) bond motifs is 1. The van der Waals surface area contributed by atoms with Crippen LogP contribution in [0.2, 0.25) is 0 Å². The molecule has 19 heavy (non-hydrogen) atoms. The van der Waals surface area contributed by atoms with Gasteiger partial charge in [-0.15, -0.1) is 11.3 Å². The third-order valence-electron chi connectivity index (χ3n) is 4.11. The second kappa shape index (κ2) is 5.06. The summed E-state index contributed by atoms with van der Waals surface area (Å²) in [5, 5.41) is 4.73. The van der Waals surface area contributed by atoms with E-state index in [1.165, 1.54) is 28.7 Å². The third-order valence-corrected chi connectivity index (χ3v) is 5.22. The number of nitrogens with zero attached hydrogens (tertiary/aromatic N) is 2. The molecular weight excluding hydrogens is 256 g/mol. The Labute approximate surface area is 117 Å². The van der Waals surface area contributed by atoms with Crippen LogP contribution in [0.4, 0.5) is 5.82 Å². The fourth-order valence-electron chi connectivity index (χ4n) is 2.81. The first kappa shape index (κ1) is 12.8. The molecule has 1 aliphatic rings. The van der Waals surface area contributed by atoms with Crippen LogP contribution in [-0.2, 0) is 0 Å². The number of nitrogens with one attached hydrogen (secondary N) is 1. The maximum atomic E-state index is 6.21. The predicted octanol–water partition coefficient (Wildman–Crippen LogP) is 2.99. The van der Waals surface area contributed by atoms with Gasteiger partial charge in [0, 0.05) is 17.0 Å². The van der Waals surface area contributed by atoms with Gasteiger partial charge >= 0.3 is 0 Å². The lowest BCUT2D eigenvalue weighted by molar-refractivity contribution is 0.403. The Morgan fingerprint density at radius 1 is 1.26 bits per heavy atom. The van der Waals surface area contributed by atoms with Crippen molar-refractivity contribution in [1.82, 2.24) is 9.97 Å². The van der Waals surface area contributed by atoms with Gasteiger partial charge in [0.25, 0.3) is 0 Å². The summed E-state index contributed by atoms with van der Waals surface area (Å²) >= 11 is 1.73. The van der Waals surface area contributed by atoms with E-state index in [2.05, 4.69) is 29.1 Å². The van der Waals surface area contributed by atoms with Crippen molar-refractivity contribution in [3.63, 3.8) is 0 Å². The minimum absolute atomic E-state index is 0.235. The fourth-order valence-corrected chi connectivity index (χ4v) is 3.80. The summed E-state index contributed by atoms with van der Waals surface area (Å²) in [6.45, 7) is 4.28. The molecule has 3 rings (SSSR count). The van der Waals surface area contributed by atoms with Crippen LogP contribution in [0.25, 0.3) is 10.2 Å². The smallest absolute Gasteiger partial charge is 0.138 e. The first-order chi connectivity index (χ1) is 9.16. The van der Waals surface area contributed by atoms with Gasteiger partial charge in [0.15, 0.2) is 0 Å². The molecule has 0 aromatic carbocycles. The van der Waals surface area contributed by atoms with Crippen LogP contribution in [-0.4, -0.2) is 22.1 Å². The lowest BCUT2D eigenvalue weighted by Crippen LogP contribution is -2.42. The normalized spacial score (nSPS) is 23.7. The molecule has 0 saturated heterocycles. The molecule has 3 N–H and O–H groups in total. The average molecular weight is 276 g/mol. The highest BCUT2D eigenvalue weighted by Gasteiger charge is 2.23. The summed E-state index contributed by atoms with van der Waals surface area (Å²) in [4.78, 5) is 11.2. The van der Waals surface area contributed by atoms with Crippen LogP contribution in [0, 0.1) is 13.8 Å². The van der Waals surface area contributed by atoms with Gasteiger partial charge in [-0.3, -0.25) is 0 Å². The molecule has 2 aromatic heterocycles. The molecule has 0 spiro atoms. The van der Waals surface area contributed by atoms with Gasteiger partial charge in [-0.05, 0) is 32.3 Å². The summed E-state index contributed by atoms with van der Waals surface area (Å²) in [7, 11) is 0. The molecule has 5 heteroatoms. The number of hydrogen-bond acceptors (Lipinski definition) is 5. The highest BCUT2D eigenvalue weighted by atomic mass is 32.1. The van der Waals surface area contributed by atoms with Crippen molar-refractivity contribution < 1.29 is 0 Å². The van der Waals surface area contributed by atoms with E-state index in [4.69, 9.17) is 5.73 Å². The number of anilines is 1. The number of thiophene rings is 1. The highest BCUT2D eigenvalue weighted by molar-refractivity contribution is 7.18. The SMILES string of the molecule is Cc1sc2ncnc(N[C@@H]3CCCC[C@H]3N)c2c1C. The van der Waals surface area contributed by atoms with Crippen LogP contribution in [0.3, 0.4) is 0 Å². The van der Waals surface area contributed by atoms with Gasteiger partial charge in [-0.25, -0.2) is 9.97 Å². The lowest BCUT2D eigenvalue weighted by Gasteiger charge is -2.29. The number of hydrogen-bond donors (Lipinski definition) is 2. The predicted molar refractivity (Wildman–Crippen MR) is 80.7 cm³/mol. The summed E-state index contributed by atoms with van der Waals surface area (Å²) in [5.74, 6) is 0.953. The van der Waals surface area contributed by atoms with Crippen molar-refractivity contribution in [3.05, 3.63) is 16.8 Å². The largest absolute Gasteiger partial charge is 0.365 e. The van der Waals surface area contributed by atoms with E-state index in [0.717, 1.165) is 23.5 Å². The van der Waals surface area contributed by atoms with Crippen molar-refractivity contribution in [1.29, 1.82) is 0 Å². The van der Waals surface area contributed by atoms with E-state index >= 15 is 0 Å². The molecule has 0 radical (unpaired) electrons. The van der Waals surface area contributed by atoms with Crippen LogP contribution < -0.4 is 11.1 Å². The van der Waals surface area contributed by atoms with Crippen molar-refractivity contribution in [2.75, 3.05) is 5.32 Å². The van der Waals surface area contributed by atoms with Crippen LogP contribution in [0.5, 0.6) is 0 Å². The minimum Gasteiger partial charge on any atom is -0.365 e. The molecule has 1 fully saturated rings. The van der Waals surface area contributed by atoms with Crippen molar-refractivity contribution in [2.45, 2.75) is 51.6 Å². The van der Waals surface area contributed by atoms with Gasteiger partial charge in [0.05, 0.1) is 5.39 Å².